The normalized spacial score (nSPS) is 14.8. The van der Waals surface area contributed by atoms with Crippen molar-refractivity contribution in [2.75, 3.05) is 5.73 Å². The van der Waals surface area contributed by atoms with Gasteiger partial charge in [0.1, 0.15) is 17.3 Å². The fraction of sp³-hybridized carbons (Fsp3) is 0.250. The smallest absolute Gasteiger partial charge is 0.180 e. The lowest BCUT2D eigenvalue weighted by atomic mass is 10.2. The van der Waals surface area contributed by atoms with Gasteiger partial charge in [-0.25, -0.2) is 19.3 Å². The molecule has 0 spiro atoms. The Kier molecular flexibility index (Phi) is 2.89. The predicted octanol–water partition coefficient (Wildman–Crippen LogP) is 2.74. The number of rotatable bonds is 2. The van der Waals surface area contributed by atoms with Crippen molar-refractivity contribution in [2.24, 2.45) is 0 Å². The summed E-state index contributed by atoms with van der Waals surface area (Å²) in [7, 11) is 0. The molecule has 18 heavy (non-hydrogen) atoms. The Morgan fingerprint density at radius 2 is 2.06 bits per heavy atom. The van der Waals surface area contributed by atoms with E-state index < -0.39 is 0 Å². The highest BCUT2D eigenvalue weighted by atomic mass is 127. The Morgan fingerprint density at radius 1 is 1.28 bits per heavy atom. The minimum Gasteiger partial charge on any atom is -0.383 e. The maximum absolute atomic E-state index is 12.8. The van der Waals surface area contributed by atoms with E-state index in [1.807, 2.05) is 0 Å². The summed E-state index contributed by atoms with van der Waals surface area (Å²) in [6.07, 6.45) is 3.44. The minimum absolute atomic E-state index is 0.375. The number of pyridine rings is 1. The second-order valence-electron chi connectivity index (χ2n) is 4.27. The van der Waals surface area contributed by atoms with Crippen LogP contribution in [0, 0.1) is 9.39 Å². The van der Waals surface area contributed by atoms with E-state index >= 15 is 0 Å². The second-order valence-corrected chi connectivity index (χ2v) is 5.35. The molecule has 1 saturated carbocycles. The van der Waals surface area contributed by atoms with Crippen LogP contribution in [-0.2, 0) is 0 Å². The minimum atomic E-state index is -0.375. The van der Waals surface area contributed by atoms with Crippen molar-refractivity contribution < 1.29 is 4.39 Å². The molecule has 0 atom stereocenters. The molecule has 0 bridgehead atoms. The highest BCUT2D eigenvalue weighted by Gasteiger charge is 2.29. The van der Waals surface area contributed by atoms with E-state index in [2.05, 4.69) is 37.5 Å². The van der Waals surface area contributed by atoms with Gasteiger partial charge in [0.15, 0.2) is 5.82 Å². The highest BCUT2D eigenvalue weighted by Crippen LogP contribution is 2.42. The molecule has 2 N–H and O–H groups in total. The molecule has 1 aliphatic carbocycles. The van der Waals surface area contributed by atoms with Crippen molar-refractivity contribution in [1.29, 1.82) is 0 Å². The number of halogens is 2. The SMILES string of the molecule is Nc1nc(-c2ccc(F)cn2)nc(C2CC2)c1I. The third-order valence-electron chi connectivity index (χ3n) is 2.82. The first-order valence-corrected chi connectivity index (χ1v) is 6.68. The molecule has 2 aromatic heterocycles. The summed E-state index contributed by atoms with van der Waals surface area (Å²) in [5.41, 5.74) is 7.43. The summed E-state index contributed by atoms with van der Waals surface area (Å²) in [4.78, 5) is 12.7. The molecule has 0 aliphatic heterocycles. The van der Waals surface area contributed by atoms with Gasteiger partial charge in [0.05, 0.1) is 15.5 Å². The van der Waals surface area contributed by atoms with E-state index in [0.29, 0.717) is 23.3 Å². The fourth-order valence-electron chi connectivity index (χ4n) is 1.73. The van der Waals surface area contributed by atoms with Gasteiger partial charge in [0.2, 0.25) is 0 Å². The Labute approximate surface area is 117 Å². The molecule has 0 amide bonds. The molecular weight excluding hydrogens is 346 g/mol. The molecule has 1 aliphatic rings. The quantitative estimate of drug-likeness (QED) is 0.841. The van der Waals surface area contributed by atoms with Gasteiger partial charge in [-0.2, -0.15) is 0 Å². The lowest BCUT2D eigenvalue weighted by Crippen LogP contribution is -2.05. The van der Waals surface area contributed by atoms with Crippen LogP contribution in [0.3, 0.4) is 0 Å². The molecule has 2 aromatic rings. The standard InChI is InChI=1S/C12H10FIN4/c13-7-3-4-8(16-5-7)12-17-10(6-1-2-6)9(14)11(15)18-12/h3-6H,1-2H2,(H2,15,17,18). The molecule has 0 unspecified atom stereocenters. The molecule has 4 nitrogen and oxygen atoms in total. The molecule has 0 aromatic carbocycles. The Hall–Kier alpha value is -1.31. The number of nitrogen functional groups attached to an aromatic ring is 1. The summed E-state index contributed by atoms with van der Waals surface area (Å²) in [6.45, 7) is 0. The van der Waals surface area contributed by atoms with Crippen molar-refractivity contribution in [1.82, 2.24) is 15.0 Å². The molecule has 92 valence electrons. The van der Waals surface area contributed by atoms with Gasteiger partial charge in [-0.3, -0.25) is 0 Å². The van der Waals surface area contributed by atoms with Gasteiger partial charge in [-0.15, -0.1) is 0 Å². The molecule has 0 radical (unpaired) electrons. The zero-order valence-electron chi connectivity index (χ0n) is 9.40. The summed E-state index contributed by atoms with van der Waals surface area (Å²) in [6, 6.07) is 2.91. The largest absolute Gasteiger partial charge is 0.383 e. The lowest BCUT2D eigenvalue weighted by Gasteiger charge is -2.07. The summed E-state index contributed by atoms with van der Waals surface area (Å²) >= 11 is 2.17. The van der Waals surface area contributed by atoms with E-state index in [9.17, 15) is 4.39 Å². The first kappa shape index (κ1) is 11.8. The zero-order valence-corrected chi connectivity index (χ0v) is 11.6. The van der Waals surface area contributed by atoms with Gasteiger partial charge in [-0.05, 0) is 47.6 Å². The van der Waals surface area contributed by atoms with E-state index in [1.54, 1.807) is 6.07 Å². The van der Waals surface area contributed by atoms with E-state index in [4.69, 9.17) is 5.73 Å². The summed E-state index contributed by atoms with van der Waals surface area (Å²) < 4.78 is 13.8. The first-order chi connectivity index (χ1) is 8.65. The van der Waals surface area contributed by atoms with Gasteiger partial charge >= 0.3 is 0 Å². The van der Waals surface area contributed by atoms with Crippen molar-refractivity contribution >= 4 is 28.4 Å². The first-order valence-electron chi connectivity index (χ1n) is 5.60. The molecule has 2 heterocycles. The number of hydrogen-bond acceptors (Lipinski definition) is 4. The average molecular weight is 356 g/mol. The van der Waals surface area contributed by atoms with E-state index in [0.717, 1.165) is 28.3 Å². The maximum atomic E-state index is 12.8. The van der Waals surface area contributed by atoms with Gasteiger partial charge in [0.25, 0.3) is 0 Å². The third-order valence-corrected chi connectivity index (χ3v) is 3.93. The van der Waals surface area contributed by atoms with Gasteiger partial charge < -0.3 is 5.73 Å². The Bertz CT molecular complexity index is 596. The predicted molar refractivity (Wildman–Crippen MR) is 74.3 cm³/mol. The third kappa shape index (κ3) is 2.16. The van der Waals surface area contributed by atoms with Gasteiger partial charge in [-0.1, -0.05) is 0 Å². The van der Waals surface area contributed by atoms with Crippen molar-refractivity contribution in [3.05, 3.63) is 33.4 Å². The molecular formula is C12H10FIN4. The second kappa shape index (κ2) is 4.42. The van der Waals surface area contributed by atoms with Crippen LogP contribution in [0.5, 0.6) is 0 Å². The maximum Gasteiger partial charge on any atom is 0.180 e. The fourth-order valence-corrected chi connectivity index (χ4v) is 2.41. The molecule has 1 fully saturated rings. The van der Waals surface area contributed by atoms with Crippen LogP contribution in [0.25, 0.3) is 11.5 Å². The Balaban J connectivity index is 2.09. The highest BCUT2D eigenvalue weighted by molar-refractivity contribution is 14.1. The zero-order chi connectivity index (χ0) is 12.7. The monoisotopic (exact) mass is 356 g/mol. The number of nitrogens with zero attached hydrogens (tertiary/aromatic N) is 3. The summed E-state index contributed by atoms with van der Waals surface area (Å²) in [5.74, 6) is 1.05. The average Bonchev–Trinajstić information content (AvgIpc) is 3.18. The van der Waals surface area contributed by atoms with Crippen LogP contribution in [0.2, 0.25) is 0 Å². The van der Waals surface area contributed by atoms with Crippen molar-refractivity contribution in [3.63, 3.8) is 0 Å². The van der Waals surface area contributed by atoms with Crippen LogP contribution in [0.4, 0.5) is 10.2 Å². The topological polar surface area (TPSA) is 64.7 Å². The number of hydrogen-bond donors (Lipinski definition) is 1. The van der Waals surface area contributed by atoms with Crippen molar-refractivity contribution in [2.45, 2.75) is 18.8 Å². The van der Waals surface area contributed by atoms with Crippen LogP contribution >= 0.6 is 22.6 Å². The summed E-state index contributed by atoms with van der Waals surface area (Å²) in [5, 5.41) is 0. The molecule has 6 heteroatoms. The Morgan fingerprint density at radius 3 is 2.67 bits per heavy atom. The number of nitrogens with two attached hydrogens (primary N) is 1. The number of anilines is 1. The lowest BCUT2D eigenvalue weighted by molar-refractivity contribution is 0.621. The van der Waals surface area contributed by atoms with Crippen molar-refractivity contribution in [3.8, 4) is 11.5 Å². The van der Waals surface area contributed by atoms with Crippen LogP contribution in [-0.4, -0.2) is 15.0 Å². The van der Waals surface area contributed by atoms with Crippen LogP contribution in [0.15, 0.2) is 18.3 Å². The van der Waals surface area contributed by atoms with Crippen LogP contribution in [0.1, 0.15) is 24.5 Å². The van der Waals surface area contributed by atoms with E-state index in [1.165, 1.54) is 6.07 Å². The van der Waals surface area contributed by atoms with Gasteiger partial charge in [0, 0.05) is 5.92 Å². The van der Waals surface area contributed by atoms with Crippen LogP contribution < -0.4 is 5.73 Å². The molecule has 3 rings (SSSR count). The van der Waals surface area contributed by atoms with E-state index in [-0.39, 0.29) is 5.82 Å². The molecule has 0 saturated heterocycles. The number of aromatic nitrogens is 3.